The molecule has 1 N–H and O–H groups in total. The maximum atomic E-state index is 6.02. The zero-order valence-corrected chi connectivity index (χ0v) is 10.2. The van der Waals surface area contributed by atoms with E-state index >= 15 is 0 Å². The Kier molecular flexibility index (Phi) is 6.26. The molecule has 0 aliphatic carbocycles. The zero-order chi connectivity index (χ0) is 10.9. The first-order valence-electron chi connectivity index (χ1n) is 5.83. The summed E-state index contributed by atoms with van der Waals surface area (Å²) in [4.78, 5) is 0. The molecule has 0 unspecified atom stereocenters. The van der Waals surface area contributed by atoms with Crippen LogP contribution in [0.15, 0.2) is 24.3 Å². The van der Waals surface area contributed by atoms with Crippen LogP contribution in [-0.4, -0.2) is 6.54 Å². The average molecular weight is 226 g/mol. The summed E-state index contributed by atoms with van der Waals surface area (Å²) in [5.74, 6) is 0. The molecule has 0 bridgehead atoms. The molecule has 0 heterocycles. The van der Waals surface area contributed by atoms with Gasteiger partial charge in [0, 0.05) is 6.54 Å². The Morgan fingerprint density at radius 1 is 1.07 bits per heavy atom. The Balaban J connectivity index is 2.12. The maximum absolute atomic E-state index is 6.02. The highest BCUT2D eigenvalue weighted by Gasteiger charge is 1.96. The van der Waals surface area contributed by atoms with E-state index in [2.05, 4.69) is 12.2 Å². The van der Waals surface area contributed by atoms with Crippen molar-refractivity contribution in [1.29, 1.82) is 0 Å². The van der Waals surface area contributed by atoms with Gasteiger partial charge < -0.3 is 5.32 Å². The van der Waals surface area contributed by atoms with Gasteiger partial charge in [0.25, 0.3) is 0 Å². The Morgan fingerprint density at radius 2 is 1.80 bits per heavy atom. The summed E-state index contributed by atoms with van der Waals surface area (Å²) in [5.41, 5.74) is 1.05. The lowest BCUT2D eigenvalue weighted by Gasteiger charge is -2.07. The van der Waals surface area contributed by atoms with Crippen molar-refractivity contribution in [3.63, 3.8) is 0 Å². The molecular formula is C13H20ClN. The molecule has 0 spiro atoms. The molecule has 0 aromatic heterocycles. The molecule has 0 saturated carbocycles. The molecule has 0 atom stereocenters. The molecule has 0 aliphatic rings. The second kappa shape index (κ2) is 7.58. The largest absolute Gasteiger partial charge is 0.384 e. The maximum Gasteiger partial charge on any atom is 0.0637 e. The van der Waals surface area contributed by atoms with Gasteiger partial charge >= 0.3 is 0 Å². The van der Waals surface area contributed by atoms with E-state index in [-0.39, 0.29) is 0 Å². The van der Waals surface area contributed by atoms with E-state index in [1.165, 1.54) is 32.1 Å². The predicted octanol–water partition coefficient (Wildman–Crippen LogP) is 4.72. The lowest BCUT2D eigenvalue weighted by atomic mass is 10.1. The van der Waals surface area contributed by atoms with Crippen LogP contribution >= 0.6 is 11.6 Å². The van der Waals surface area contributed by atoms with Gasteiger partial charge in [0.1, 0.15) is 0 Å². The Bertz CT molecular complexity index is 273. The molecule has 1 rings (SSSR count). The van der Waals surface area contributed by atoms with Crippen LogP contribution in [0, 0.1) is 0 Å². The van der Waals surface area contributed by atoms with Crippen molar-refractivity contribution in [3.8, 4) is 0 Å². The molecule has 1 nitrogen and oxygen atoms in total. The van der Waals surface area contributed by atoms with Gasteiger partial charge in [-0.25, -0.2) is 0 Å². The van der Waals surface area contributed by atoms with Gasteiger partial charge in [0.2, 0.25) is 0 Å². The van der Waals surface area contributed by atoms with Crippen LogP contribution in [0.5, 0.6) is 0 Å². The number of unbranched alkanes of at least 4 members (excludes halogenated alkanes) is 4. The summed E-state index contributed by atoms with van der Waals surface area (Å²) < 4.78 is 0. The van der Waals surface area contributed by atoms with E-state index in [9.17, 15) is 0 Å². The molecule has 0 fully saturated rings. The van der Waals surface area contributed by atoms with Crippen molar-refractivity contribution >= 4 is 17.3 Å². The van der Waals surface area contributed by atoms with E-state index in [0.717, 1.165) is 17.3 Å². The van der Waals surface area contributed by atoms with Crippen LogP contribution < -0.4 is 5.32 Å². The van der Waals surface area contributed by atoms with E-state index < -0.39 is 0 Å². The first-order valence-corrected chi connectivity index (χ1v) is 6.20. The van der Waals surface area contributed by atoms with Crippen LogP contribution in [0.2, 0.25) is 5.02 Å². The standard InChI is InChI=1S/C13H20ClN/c1-2-3-4-5-8-11-15-13-10-7-6-9-12(13)14/h6-7,9-10,15H,2-5,8,11H2,1H3. The average Bonchev–Trinajstić information content (AvgIpc) is 2.25. The summed E-state index contributed by atoms with van der Waals surface area (Å²) in [6.45, 7) is 3.26. The summed E-state index contributed by atoms with van der Waals surface area (Å²) >= 11 is 6.02. The fourth-order valence-corrected chi connectivity index (χ4v) is 1.76. The number of rotatable bonds is 7. The highest BCUT2D eigenvalue weighted by atomic mass is 35.5. The smallest absolute Gasteiger partial charge is 0.0637 e. The molecule has 0 radical (unpaired) electrons. The van der Waals surface area contributed by atoms with Gasteiger partial charge in [-0.2, -0.15) is 0 Å². The van der Waals surface area contributed by atoms with Gasteiger partial charge in [-0.15, -0.1) is 0 Å². The van der Waals surface area contributed by atoms with Gasteiger partial charge in [0.15, 0.2) is 0 Å². The Labute approximate surface area is 97.8 Å². The van der Waals surface area contributed by atoms with Crippen molar-refractivity contribution in [2.24, 2.45) is 0 Å². The Morgan fingerprint density at radius 3 is 2.53 bits per heavy atom. The van der Waals surface area contributed by atoms with E-state index in [4.69, 9.17) is 11.6 Å². The summed E-state index contributed by atoms with van der Waals surface area (Å²) in [7, 11) is 0. The summed E-state index contributed by atoms with van der Waals surface area (Å²) in [5, 5.41) is 4.17. The quantitative estimate of drug-likeness (QED) is 0.662. The fourth-order valence-electron chi connectivity index (χ4n) is 1.56. The van der Waals surface area contributed by atoms with E-state index in [1.54, 1.807) is 0 Å². The van der Waals surface area contributed by atoms with Crippen LogP contribution in [0.3, 0.4) is 0 Å². The topological polar surface area (TPSA) is 12.0 Å². The number of anilines is 1. The van der Waals surface area contributed by atoms with Gasteiger partial charge in [-0.1, -0.05) is 56.3 Å². The molecule has 15 heavy (non-hydrogen) atoms. The molecule has 0 aliphatic heterocycles. The van der Waals surface area contributed by atoms with Crippen LogP contribution in [0.4, 0.5) is 5.69 Å². The normalized spacial score (nSPS) is 10.3. The third-order valence-electron chi connectivity index (χ3n) is 2.47. The van der Waals surface area contributed by atoms with Gasteiger partial charge in [-0.3, -0.25) is 0 Å². The second-order valence-corrected chi connectivity index (χ2v) is 4.23. The van der Waals surface area contributed by atoms with Crippen LogP contribution in [-0.2, 0) is 0 Å². The number of hydrogen-bond acceptors (Lipinski definition) is 1. The SMILES string of the molecule is CCCCCCCNc1ccccc1Cl. The Hall–Kier alpha value is -0.690. The molecular weight excluding hydrogens is 206 g/mol. The first kappa shape index (κ1) is 12.4. The third-order valence-corrected chi connectivity index (χ3v) is 2.80. The molecule has 1 aromatic rings. The number of halogens is 1. The molecule has 1 aromatic carbocycles. The van der Waals surface area contributed by atoms with Crippen molar-refractivity contribution in [2.75, 3.05) is 11.9 Å². The predicted molar refractivity (Wildman–Crippen MR) is 68.7 cm³/mol. The summed E-state index contributed by atoms with van der Waals surface area (Å²) in [6, 6.07) is 7.90. The van der Waals surface area contributed by atoms with Crippen molar-refractivity contribution in [3.05, 3.63) is 29.3 Å². The zero-order valence-electron chi connectivity index (χ0n) is 9.43. The molecule has 0 saturated heterocycles. The number of nitrogens with one attached hydrogen (secondary N) is 1. The number of hydrogen-bond donors (Lipinski definition) is 1. The van der Waals surface area contributed by atoms with Crippen molar-refractivity contribution < 1.29 is 0 Å². The summed E-state index contributed by atoms with van der Waals surface area (Å²) in [6.07, 6.45) is 6.54. The highest BCUT2D eigenvalue weighted by Crippen LogP contribution is 2.20. The monoisotopic (exact) mass is 225 g/mol. The lowest BCUT2D eigenvalue weighted by molar-refractivity contribution is 0.645. The van der Waals surface area contributed by atoms with Crippen molar-refractivity contribution in [1.82, 2.24) is 0 Å². The minimum absolute atomic E-state index is 0.811. The van der Waals surface area contributed by atoms with Gasteiger partial charge in [-0.05, 0) is 18.6 Å². The molecule has 2 heteroatoms. The fraction of sp³-hybridized carbons (Fsp3) is 0.538. The van der Waals surface area contributed by atoms with Gasteiger partial charge in [0.05, 0.1) is 10.7 Å². The van der Waals surface area contributed by atoms with Crippen LogP contribution in [0.25, 0.3) is 0 Å². The number of para-hydroxylation sites is 1. The highest BCUT2D eigenvalue weighted by molar-refractivity contribution is 6.33. The molecule has 84 valence electrons. The van der Waals surface area contributed by atoms with E-state index in [1.807, 2.05) is 24.3 Å². The molecule has 0 amide bonds. The van der Waals surface area contributed by atoms with E-state index in [0.29, 0.717) is 0 Å². The number of benzene rings is 1. The van der Waals surface area contributed by atoms with Crippen LogP contribution in [0.1, 0.15) is 39.0 Å². The van der Waals surface area contributed by atoms with Crippen molar-refractivity contribution in [2.45, 2.75) is 39.0 Å². The first-order chi connectivity index (χ1) is 7.34. The minimum Gasteiger partial charge on any atom is -0.384 e. The second-order valence-electron chi connectivity index (χ2n) is 3.82. The third kappa shape index (κ3) is 5.08. The lowest BCUT2D eigenvalue weighted by Crippen LogP contribution is -2.01. The minimum atomic E-state index is 0.811.